The fraction of sp³-hybridized carbons (Fsp3) is 0.429. The smallest absolute Gasteiger partial charge is 0.290 e. The molecule has 8 nitrogen and oxygen atoms in total. The van der Waals surface area contributed by atoms with Crippen LogP contribution in [0, 0.1) is 0 Å². The number of benzene rings is 2. The number of methoxy groups -OCH3 is 2. The van der Waals surface area contributed by atoms with Gasteiger partial charge in [-0.3, -0.25) is 14.5 Å². The Morgan fingerprint density at radius 2 is 1.83 bits per heavy atom. The third-order valence-electron chi connectivity index (χ3n) is 7.14. The van der Waals surface area contributed by atoms with E-state index in [2.05, 4.69) is 4.90 Å². The van der Waals surface area contributed by atoms with Gasteiger partial charge in [0.05, 0.1) is 44.4 Å². The lowest BCUT2D eigenvalue weighted by molar-refractivity contribution is 0.0353. The first-order valence-corrected chi connectivity index (χ1v) is 12.5. The summed E-state index contributed by atoms with van der Waals surface area (Å²) in [6.07, 6.45) is 1.56. The van der Waals surface area contributed by atoms with E-state index in [0.29, 0.717) is 40.1 Å². The molecule has 1 unspecified atom stereocenters. The van der Waals surface area contributed by atoms with Gasteiger partial charge in [0.2, 0.25) is 5.76 Å². The largest absolute Gasteiger partial charge is 0.493 e. The van der Waals surface area contributed by atoms with E-state index in [0.717, 1.165) is 51.3 Å². The number of amides is 1. The first-order chi connectivity index (χ1) is 17.6. The van der Waals surface area contributed by atoms with Gasteiger partial charge in [-0.05, 0) is 36.6 Å². The van der Waals surface area contributed by atoms with Crippen LogP contribution in [0.1, 0.15) is 46.6 Å². The van der Waals surface area contributed by atoms with Gasteiger partial charge in [-0.15, -0.1) is 0 Å². The highest BCUT2D eigenvalue weighted by molar-refractivity contribution is 5.99. The van der Waals surface area contributed by atoms with Crippen molar-refractivity contribution in [2.24, 2.45) is 0 Å². The first kappa shape index (κ1) is 24.3. The summed E-state index contributed by atoms with van der Waals surface area (Å²) >= 11 is 0. The number of aryl methyl sites for hydroxylation is 1. The van der Waals surface area contributed by atoms with Gasteiger partial charge < -0.3 is 23.5 Å². The maximum atomic E-state index is 13.9. The van der Waals surface area contributed by atoms with Gasteiger partial charge in [0, 0.05) is 31.7 Å². The van der Waals surface area contributed by atoms with Crippen LogP contribution >= 0.6 is 0 Å². The second-order valence-electron chi connectivity index (χ2n) is 9.15. The second-order valence-corrected chi connectivity index (χ2v) is 9.15. The molecule has 3 aromatic rings. The highest BCUT2D eigenvalue weighted by Gasteiger charge is 2.44. The number of rotatable bonds is 8. The molecule has 0 bridgehead atoms. The molecule has 2 aliphatic rings. The molecule has 0 N–H and O–H groups in total. The van der Waals surface area contributed by atoms with Crippen LogP contribution in [0.2, 0.25) is 0 Å². The maximum absolute atomic E-state index is 13.9. The molecule has 1 saturated heterocycles. The normalized spacial score (nSPS) is 18.0. The van der Waals surface area contributed by atoms with Gasteiger partial charge >= 0.3 is 0 Å². The quantitative estimate of drug-likeness (QED) is 0.475. The molecule has 3 heterocycles. The number of ether oxygens (including phenoxy) is 3. The molecule has 0 aliphatic carbocycles. The molecular weight excluding hydrogens is 460 g/mol. The van der Waals surface area contributed by atoms with Crippen LogP contribution in [-0.2, 0) is 11.2 Å². The summed E-state index contributed by atoms with van der Waals surface area (Å²) in [5.74, 6) is 0.881. The zero-order valence-corrected chi connectivity index (χ0v) is 21.0. The number of hydrogen-bond acceptors (Lipinski definition) is 7. The minimum atomic E-state index is -0.631. The van der Waals surface area contributed by atoms with Crippen LogP contribution in [0.4, 0.5) is 0 Å². The van der Waals surface area contributed by atoms with Gasteiger partial charge in [-0.25, -0.2) is 0 Å². The zero-order chi connectivity index (χ0) is 25.2. The van der Waals surface area contributed by atoms with Crippen molar-refractivity contribution < 1.29 is 23.4 Å². The SMILES string of the molecule is CCc1ccc2oc3c(c(=O)c2c1)C(c1cccc(OC)c1OC)N(CCCN1CCOCC1)C3=O. The Hall–Kier alpha value is -3.36. The molecule has 1 amide bonds. The molecule has 5 rings (SSSR count). The lowest BCUT2D eigenvalue weighted by Crippen LogP contribution is -2.39. The number of carbonyl (C=O) groups is 1. The van der Waals surface area contributed by atoms with Gasteiger partial charge in [-0.2, -0.15) is 0 Å². The topological polar surface area (TPSA) is 81.5 Å². The number of nitrogens with zero attached hydrogens (tertiary/aromatic N) is 2. The summed E-state index contributed by atoms with van der Waals surface area (Å²) in [6, 6.07) is 10.5. The Morgan fingerprint density at radius 1 is 1.03 bits per heavy atom. The highest BCUT2D eigenvalue weighted by atomic mass is 16.5. The molecule has 2 aromatic carbocycles. The minimum absolute atomic E-state index is 0.109. The average molecular weight is 493 g/mol. The molecule has 0 saturated carbocycles. The van der Waals surface area contributed by atoms with Crippen molar-refractivity contribution in [2.75, 3.05) is 53.6 Å². The predicted molar refractivity (Wildman–Crippen MR) is 136 cm³/mol. The summed E-state index contributed by atoms with van der Waals surface area (Å²) in [5.41, 5.74) is 2.35. The van der Waals surface area contributed by atoms with Crippen LogP contribution in [0.15, 0.2) is 45.6 Å². The van der Waals surface area contributed by atoms with Crippen LogP contribution < -0.4 is 14.9 Å². The Labute approximate surface area is 210 Å². The van der Waals surface area contributed by atoms with E-state index < -0.39 is 6.04 Å². The van der Waals surface area contributed by atoms with Crippen molar-refractivity contribution in [2.45, 2.75) is 25.8 Å². The summed E-state index contributed by atoms with van der Waals surface area (Å²) in [7, 11) is 3.14. The number of para-hydroxylation sites is 1. The molecule has 190 valence electrons. The molecule has 8 heteroatoms. The predicted octanol–water partition coefficient (Wildman–Crippen LogP) is 3.64. The highest BCUT2D eigenvalue weighted by Crippen LogP contribution is 2.44. The van der Waals surface area contributed by atoms with E-state index in [1.807, 2.05) is 31.2 Å². The molecule has 0 radical (unpaired) electrons. The van der Waals surface area contributed by atoms with E-state index >= 15 is 0 Å². The van der Waals surface area contributed by atoms with Crippen molar-refractivity contribution in [3.63, 3.8) is 0 Å². The molecule has 1 atom stereocenters. The third kappa shape index (κ3) is 4.24. The van der Waals surface area contributed by atoms with Crippen LogP contribution in [0.25, 0.3) is 11.0 Å². The summed E-state index contributed by atoms with van der Waals surface area (Å²) in [5, 5.41) is 0.489. The van der Waals surface area contributed by atoms with Crippen molar-refractivity contribution >= 4 is 16.9 Å². The third-order valence-corrected chi connectivity index (χ3v) is 7.14. The van der Waals surface area contributed by atoms with Crippen LogP contribution in [0.5, 0.6) is 11.5 Å². The van der Waals surface area contributed by atoms with Crippen LogP contribution in [0.3, 0.4) is 0 Å². The van der Waals surface area contributed by atoms with Gasteiger partial charge in [0.1, 0.15) is 5.58 Å². The van der Waals surface area contributed by atoms with E-state index in [4.69, 9.17) is 18.6 Å². The fourth-order valence-corrected chi connectivity index (χ4v) is 5.26. The van der Waals surface area contributed by atoms with Gasteiger partial charge in [-0.1, -0.05) is 25.1 Å². The monoisotopic (exact) mass is 492 g/mol. The van der Waals surface area contributed by atoms with Crippen molar-refractivity contribution in [3.8, 4) is 11.5 Å². The molecule has 2 aliphatic heterocycles. The lowest BCUT2D eigenvalue weighted by Gasteiger charge is -2.29. The van der Waals surface area contributed by atoms with Gasteiger partial charge in [0.15, 0.2) is 16.9 Å². The second kappa shape index (κ2) is 10.3. The zero-order valence-electron chi connectivity index (χ0n) is 21.0. The Morgan fingerprint density at radius 3 is 2.56 bits per heavy atom. The number of hydrogen-bond donors (Lipinski definition) is 0. The number of morpholine rings is 1. The van der Waals surface area contributed by atoms with Crippen molar-refractivity contribution in [1.29, 1.82) is 0 Å². The summed E-state index contributed by atoms with van der Waals surface area (Å²) < 4.78 is 22.8. The molecule has 1 fully saturated rings. The lowest BCUT2D eigenvalue weighted by atomic mass is 9.96. The maximum Gasteiger partial charge on any atom is 0.290 e. The Kier molecular flexibility index (Phi) is 6.98. The molecule has 36 heavy (non-hydrogen) atoms. The number of carbonyl (C=O) groups excluding carboxylic acids is 1. The molecular formula is C28H32N2O6. The molecule has 0 spiro atoms. The minimum Gasteiger partial charge on any atom is -0.493 e. The van der Waals surface area contributed by atoms with Gasteiger partial charge in [0.25, 0.3) is 5.91 Å². The van der Waals surface area contributed by atoms with Crippen molar-refractivity contribution in [1.82, 2.24) is 9.80 Å². The van der Waals surface area contributed by atoms with E-state index in [9.17, 15) is 9.59 Å². The summed E-state index contributed by atoms with van der Waals surface area (Å²) in [4.78, 5) is 31.7. The van der Waals surface area contributed by atoms with Crippen molar-refractivity contribution in [3.05, 3.63) is 69.1 Å². The van der Waals surface area contributed by atoms with E-state index in [1.54, 1.807) is 31.3 Å². The number of fused-ring (bicyclic) bond motifs is 2. The Balaban J connectivity index is 1.61. The van der Waals surface area contributed by atoms with E-state index in [1.165, 1.54) is 0 Å². The Bertz CT molecular complexity index is 1330. The standard InChI is InChI=1S/C28H32N2O6/c1-4-18-9-10-21-20(17-18)25(31)23-24(19-7-5-8-22(33-2)26(19)34-3)30(28(32)27(23)36-21)12-6-11-29-13-15-35-16-14-29/h5,7-10,17,24H,4,6,11-16H2,1-3H3. The molecule has 1 aromatic heterocycles. The first-order valence-electron chi connectivity index (χ1n) is 12.5. The van der Waals surface area contributed by atoms with Crippen LogP contribution in [-0.4, -0.2) is 69.3 Å². The average Bonchev–Trinajstić information content (AvgIpc) is 3.20. The fourth-order valence-electron chi connectivity index (χ4n) is 5.26. The van der Waals surface area contributed by atoms with E-state index in [-0.39, 0.29) is 17.1 Å². The summed E-state index contributed by atoms with van der Waals surface area (Å²) in [6.45, 7) is 6.57.